The predicted molar refractivity (Wildman–Crippen MR) is 130 cm³/mol. The van der Waals surface area contributed by atoms with Crippen LogP contribution in [0.2, 0.25) is 0 Å². The van der Waals surface area contributed by atoms with Gasteiger partial charge in [-0.05, 0) is 75.0 Å². The first kappa shape index (κ1) is 24.3. The molecule has 2 aromatic rings. The first-order chi connectivity index (χ1) is 15.2. The van der Waals surface area contributed by atoms with Gasteiger partial charge in [-0.15, -0.1) is 0 Å². The van der Waals surface area contributed by atoms with Crippen molar-refractivity contribution >= 4 is 21.6 Å². The second kappa shape index (κ2) is 10.5. The Morgan fingerprint density at radius 3 is 2.38 bits per heavy atom. The molecule has 32 heavy (non-hydrogen) atoms. The van der Waals surface area contributed by atoms with Crippen molar-refractivity contribution in [3.05, 3.63) is 64.7 Å². The standard InChI is InChI=1S/C25H35N3O3S/c1-19-12-13-20(2)24(16-19)28(32(4,30)31)21(3)25(29)26-17-22-10-6-7-11-23(22)18-27-14-8-5-9-15-27/h6-7,10-13,16,21H,5,8-9,14-15,17-18H2,1-4H3,(H,26,29). The van der Waals surface area contributed by atoms with Crippen molar-refractivity contribution in [1.82, 2.24) is 10.2 Å². The average molecular weight is 458 g/mol. The van der Waals surface area contributed by atoms with Gasteiger partial charge in [-0.2, -0.15) is 0 Å². The van der Waals surface area contributed by atoms with Crippen LogP contribution in [0.3, 0.4) is 0 Å². The van der Waals surface area contributed by atoms with Crippen molar-refractivity contribution in [3.8, 4) is 0 Å². The summed E-state index contributed by atoms with van der Waals surface area (Å²) in [6.45, 7) is 8.87. The van der Waals surface area contributed by atoms with Crippen molar-refractivity contribution < 1.29 is 13.2 Å². The fraction of sp³-hybridized carbons (Fsp3) is 0.480. The summed E-state index contributed by atoms with van der Waals surface area (Å²) < 4.78 is 26.5. The molecule has 6 nitrogen and oxygen atoms in total. The van der Waals surface area contributed by atoms with Crippen LogP contribution in [0.15, 0.2) is 42.5 Å². The molecule has 1 aliphatic rings. The normalized spacial score (nSPS) is 15.9. The zero-order valence-corrected chi connectivity index (χ0v) is 20.4. The molecule has 174 valence electrons. The van der Waals surface area contributed by atoms with Gasteiger partial charge in [0.2, 0.25) is 15.9 Å². The summed E-state index contributed by atoms with van der Waals surface area (Å²) in [5.74, 6) is -0.316. The molecule has 0 saturated carbocycles. The molecule has 0 aromatic heterocycles. The van der Waals surface area contributed by atoms with E-state index in [0.717, 1.165) is 42.6 Å². The Bertz CT molecular complexity index is 1050. The van der Waals surface area contributed by atoms with E-state index in [-0.39, 0.29) is 5.91 Å². The number of nitrogens with one attached hydrogen (secondary N) is 1. The minimum Gasteiger partial charge on any atom is -0.350 e. The van der Waals surface area contributed by atoms with Gasteiger partial charge < -0.3 is 5.32 Å². The Balaban J connectivity index is 1.74. The molecular formula is C25H35N3O3S. The zero-order valence-electron chi connectivity index (χ0n) is 19.6. The minimum absolute atomic E-state index is 0.316. The van der Waals surface area contributed by atoms with Crippen molar-refractivity contribution in [1.29, 1.82) is 0 Å². The second-order valence-electron chi connectivity index (χ2n) is 8.85. The van der Waals surface area contributed by atoms with Gasteiger partial charge in [0.1, 0.15) is 6.04 Å². The van der Waals surface area contributed by atoms with Crippen LogP contribution < -0.4 is 9.62 Å². The SMILES string of the molecule is Cc1ccc(C)c(N(C(C)C(=O)NCc2ccccc2CN2CCCCC2)S(C)(=O)=O)c1. The fourth-order valence-electron chi connectivity index (χ4n) is 4.31. The highest BCUT2D eigenvalue weighted by Gasteiger charge is 2.30. The van der Waals surface area contributed by atoms with E-state index in [1.807, 2.05) is 50.2 Å². The van der Waals surface area contributed by atoms with Crippen LogP contribution in [0, 0.1) is 13.8 Å². The lowest BCUT2D eigenvalue weighted by Crippen LogP contribution is -2.48. The number of hydrogen-bond acceptors (Lipinski definition) is 4. The molecule has 0 radical (unpaired) electrons. The molecular weight excluding hydrogens is 422 g/mol. The maximum absolute atomic E-state index is 13.0. The average Bonchev–Trinajstić information content (AvgIpc) is 2.75. The molecule has 1 unspecified atom stereocenters. The van der Waals surface area contributed by atoms with E-state index < -0.39 is 16.1 Å². The maximum atomic E-state index is 13.0. The van der Waals surface area contributed by atoms with Crippen LogP contribution >= 0.6 is 0 Å². The third kappa shape index (κ3) is 6.11. The van der Waals surface area contributed by atoms with E-state index in [0.29, 0.717) is 12.2 Å². The third-order valence-electron chi connectivity index (χ3n) is 6.10. The lowest BCUT2D eigenvalue weighted by Gasteiger charge is -2.30. The van der Waals surface area contributed by atoms with Crippen molar-refractivity contribution in [2.75, 3.05) is 23.7 Å². The topological polar surface area (TPSA) is 69.7 Å². The van der Waals surface area contributed by atoms with Crippen LogP contribution in [0.4, 0.5) is 5.69 Å². The first-order valence-electron chi connectivity index (χ1n) is 11.3. The Kier molecular flexibility index (Phi) is 7.96. The molecule has 1 amide bonds. The molecule has 0 bridgehead atoms. The van der Waals surface area contributed by atoms with E-state index in [1.165, 1.54) is 29.1 Å². The number of carbonyl (C=O) groups is 1. The number of piperidine rings is 1. The molecule has 1 N–H and O–H groups in total. The molecule has 0 spiro atoms. The second-order valence-corrected chi connectivity index (χ2v) is 10.7. The number of likely N-dealkylation sites (tertiary alicyclic amines) is 1. The Hall–Kier alpha value is -2.38. The van der Waals surface area contributed by atoms with Crippen molar-refractivity contribution in [2.45, 2.75) is 59.2 Å². The van der Waals surface area contributed by atoms with Gasteiger partial charge in [0, 0.05) is 13.1 Å². The Morgan fingerprint density at radius 2 is 1.72 bits per heavy atom. The molecule has 2 aromatic carbocycles. The van der Waals surface area contributed by atoms with E-state index in [1.54, 1.807) is 6.92 Å². The molecule has 1 heterocycles. The van der Waals surface area contributed by atoms with Gasteiger partial charge in [0.25, 0.3) is 0 Å². The number of anilines is 1. The minimum atomic E-state index is -3.65. The van der Waals surface area contributed by atoms with E-state index in [4.69, 9.17) is 0 Å². The molecule has 1 aliphatic heterocycles. The van der Waals surface area contributed by atoms with Gasteiger partial charge in [0.15, 0.2) is 0 Å². The Labute approximate surface area is 192 Å². The van der Waals surface area contributed by atoms with E-state index in [2.05, 4.69) is 16.3 Å². The Morgan fingerprint density at radius 1 is 1.06 bits per heavy atom. The van der Waals surface area contributed by atoms with Crippen molar-refractivity contribution in [3.63, 3.8) is 0 Å². The van der Waals surface area contributed by atoms with Crippen LogP contribution in [0.5, 0.6) is 0 Å². The number of rotatable bonds is 8. The monoisotopic (exact) mass is 457 g/mol. The number of hydrogen-bond donors (Lipinski definition) is 1. The summed E-state index contributed by atoms with van der Waals surface area (Å²) in [4.78, 5) is 15.5. The van der Waals surface area contributed by atoms with E-state index >= 15 is 0 Å². The summed E-state index contributed by atoms with van der Waals surface area (Å²) in [6, 6.07) is 12.9. The number of aryl methyl sites for hydroxylation is 2. The quantitative estimate of drug-likeness (QED) is 0.655. The number of nitrogens with zero attached hydrogens (tertiary/aromatic N) is 2. The molecule has 3 rings (SSSR count). The van der Waals surface area contributed by atoms with Gasteiger partial charge in [-0.3, -0.25) is 14.0 Å². The van der Waals surface area contributed by atoms with E-state index in [9.17, 15) is 13.2 Å². The summed E-state index contributed by atoms with van der Waals surface area (Å²) in [6.07, 6.45) is 4.90. The summed E-state index contributed by atoms with van der Waals surface area (Å²) in [5.41, 5.74) is 4.57. The number of sulfonamides is 1. The van der Waals surface area contributed by atoms with Crippen LogP contribution in [-0.2, 0) is 27.9 Å². The van der Waals surface area contributed by atoms with Gasteiger partial charge in [0.05, 0.1) is 11.9 Å². The fourth-order valence-corrected chi connectivity index (χ4v) is 5.53. The molecule has 1 atom stereocenters. The highest BCUT2D eigenvalue weighted by Crippen LogP contribution is 2.26. The zero-order chi connectivity index (χ0) is 23.3. The summed E-state index contributed by atoms with van der Waals surface area (Å²) in [5, 5.41) is 2.97. The maximum Gasteiger partial charge on any atom is 0.243 e. The largest absolute Gasteiger partial charge is 0.350 e. The lowest BCUT2D eigenvalue weighted by molar-refractivity contribution is -0.122. The highest BCUT2D eigenvalue weighted by molar-refractivity contribution is 7.92. The molecule has 1 fully saturated rings. The van der Waals surface area contributed by atoms with Gasteiger partial charge >= 0.3 is 0 Å². The molecule has 0 aliphatic carbocycles. The number of amides is 1. The smallest absolute Gasteiger partial charge is 0.243 e. The van der Waals surface area contributed by atoms with Crippen LogP contribution in [-0.4, -0.2) is 44.6 Å². The van der Waals surface area contributed by atoms with Crippen molar-refractivity contribution in [2.24, 2.45) is 0 Å². The predicted octanol–water partition coefficient (Wildman–Crippen LogP) is 3.76. The lowest BCUT2D eigenvalue weighted by atomic mass is 10.0. The first-order valence-corrected chi connectivity index (χ1v) is 13.1. The molecule has 7 heteroatoms. The van der Waals surface area contributed by atoms with Gasteiger partial charge in [-0.25, -0.2) is 8.42 Å². The highest BCUT2D eigenvalue weighted by atomic mass is 32.2. The van der Waals surface area contributed by atoms with Crippen LogP contribution in [0.25, 0.3) is 0 Å². The number of carbonyl (C=O) groups excluding carboxylic acids is 1. The summed E-state index contributed by atoms with van der Waals surface area (Å²) in [7, 11) is -3.65. The molecule has 1 saturated heterocycles. The summed E-state index contributed by atoms with van der Waals surface area (Å²) >= 11 is 0. The van der Waals surface area contributed by atoms with Crippen LogP contribution in [0.1, 0.15) is 48.4 Å². The number of benzene rings is 2. The third-order valence-corrected chi connectivity index (χ3v) is 7.33. The van der Waals surface area contributed by atoms with Gasteiger partial charge in [-0.1, -0.05) is 42.8 Å².